The highest BCUT2D eigenvalue weighted by Crippen LogP contribution is 2.41. The van der Waals surface area contributed by atoms with Gasteiger partial charge in [-0.2, -0.15) is 31.4 Å². The van der Waals surface area contributed by atoms with E-state index in [-0.39, 0.29) is 6.04 Å². The lowest BCUT2D eigenvalue weighted by Crippen LogP contribution is -2.48. The van der Waals surface area contributed by atoms with E-state index in [9.17, 15) is 31.1 Å². The number of nitrogens with zero attached hydrogens (tertiary/aromatic N) is 6. The van der Waals surface area contributed by atoms with E-state index < -0.39 is 29.9 Å². The van der Waals surface area contributed by atoms with Crippen molar-refractivity contribution < 1.29 is 41.0 Å². The van der Waals surface area contributed by atoms with Crippen LogP contribution in [0.25, 0.3) is 22.6 Å². The average Bonchev–Trinajstić information content (AvgIpc) is 3.59. The number of pyridine rings is 2. The predicted molar refractivity (Wildman–Crippen MR) is 147 cm³/mol. The van der Waals surface area contributed by atoms with Crippen molar-refractivity contribution >= 4 is 29.3 Å². The van der Waals surface area contributed by atoms with Crippen molar-refractivity contribution in [1.29, 1.82) is 0 Å². The van der Waals surface area contributed by atoms with E-state index in [1.165, 1.54) is 6.07 Å². The number of halogens is 6. The normalized spacial score (nSPS) is 15.8. The van der Waals surface area contributed by atoms with Crippen LogP contribution in [0, 0.1) is 0 Å². The number of carbonyl (C=O) groups excluding carboxylic acids is 1. The van der Waals surface area contributed by atoms with Gasteiger partial charge in [-0.1, -0.05) is 18.2 Å². The van der Waals surface area contributed by atoms with Crippen LogP contribution >= 0.6 is 0 Å². The fourth-order valence-corrected chi connectivity index (χ4v) is 4.93. The van der Waals surface area contributed by atoms with Gasteiger partial charge in [0.1, 0.15) is 5.82 Å². The average molecular weight is 620 g/mol. The monoisotopic (exact) mass is 619 g/mol. The number of aromatic nitrogens is 4. The zero-order chi connectivity index (χ0) is 31.8. The number of carboxylic acids is 1. The number of hydrogen-bond acceptors (Lipinski definition) is 6. The third kappa shape index (κ3) is 6.28. The summed E-state index contributed by atoms with van der Waals surface area (Å²) in [4.78, 5) is 35.5. The molecule has 1 aromatic carbocycles. The first-order valence-corrected chi connectivity index (χ1v) is 13.0. The topological polar surface area (TPSA) is 116 Å². The molecule has 0 radical (unpaired) electrons. The number of benzene rings is 1. The molecule has 10 nitrogen and oxygen atoms in total. The lowest BCUT2D eigenvalue weighted by atomic mass is 10.1. The molecule has 44 heavy (non-hydrogen) atoms. The first-order valence-electron chi connectivity index (χ1n) is 13.0. The van der Waals surface area contributed by atoms with Crippen molar-refractivity contribution in [3.05, 3.63) is 72.4 Å². The summed E-state index contributed by atoms with van der Waals surface area (Å²) in [6.07, 6.45) is -7.12. The fraction of sp³-hybridized carbons (Fsp3) is 0.250. The number of urea groups is 1. The summed E-state index contributed by atoms with van der Waals surface area (Å²) < 4.78 is 73.3. The lowest BCUT2D eigenvalue weighted by Gasteiger charge is -2.35. The summed E-state index contributed by atoms with van der Waals surface area (Å²) in [6, 6.07) is 15.2. The fourth-order valence-electron chi connectivity index (χ4n) is 4.93. The van der Waals surface area contributed by atoms with Crippen LogP contribution in [-0.4, -0.2) is 62.2 Å². The van der Waals surface area contributed by atoms with Crippen LogP contribution < -0.4 is 15.1 Å². The molecule has 230 valence electrons. The minimum Gasteiger partial charge on any atom is -0.475 e. The Labute approximate surface area is 245 Å². The van der Waals surface area contributed by atoms with Gasteiger partial charge in [0.05, 0.1) is 34.4 Å². The first-order chi connectivity index (χ1) is 20.7. The van der Waals surface area contributed by atoms with Gasteiger partial charge in [-0.25, -0.2) is 19.6 Å². The highest BCUT2D eigenvalue weighted by molar-refractivity contribution is 6.04. The van der Waals surface area contributed by atoms with Crippen molar-refractivity contribution in [2.24, 2.45) is 7.05 Å². The first kappa shape index (κ1) is 30.3. The maximum atomic E-state index is 13.6. The van der Waals surface area contributed by atoms with Crippen molar-refractivity contribution in [2.75, 3.05) is 28.2 Å². The van der Waals surface area contributed by atoms with E-state index >= 15 is 0 Å². The molecule has 2 aliphatic rings. The number of aliphatic carboxylic acids is 1. The van der Waals surface area contributed by atoms with E-state index in [2.05, 4.69) is 25.3 Å². The molecular weight excluding hydrogens is 596 g/mol. The van der Waals surface area contributed by atoms with E-state index in [0.717, 1.165) is 36.5 Å². The Morgan fingerprint density at radius 1 is 0.955 bits per heavy atom. The Balaban J connectivity index is 0.000000493. The van der Waals surface area contributed by atoms with Crippen LogP contribution in [0.2, 0.25) is 0 Å². The molecule has 2 bridgehead atoms. The minimum absolute atomic E-state index is 0.114. The largest absolute Gasteiger partial charge is 0.490 e. The summed E-state index contributed by atoms with van der Waals surface area (Å²) in [7, 11) is 1.81. The number of hydrogen-bond donors (Lipinski definition) is 2. The standard InChI is InChI=1S/C26H22F3N7O.C2HF3O2/c1-34-21(10-12-30-34)20-6-3-7-23(31-20)33-25(37)36-18-11-13-35(15-18)22-9-8-19(32-24(22)36)16-4-2-5-17(14-16)26(27,28)29;3-2(4,5)1(6)7/h2-10,12,14,18H,11,13,15H2,1H3,(H,31,33,37);(H,6,7)/t18-;/m0./s1. The molecule has 6 rings (SSSR count). The number of anilines is 3. The van der Waals surface area contributed by atoms with Gasteiger partial charge in [-0.15, -0.1) is 0 Å². The number of fused-ring (bicyclic) bond motifs is 4. The molecular formula is C28H23F6N7O3. The SMILES string of the molecule is Cn1nccc1-c1cccc(NC(=O)N2c3nc(-c4cccc(C(F)(F)F)c4)ccc3N3CC[C@H]2C3)n1.O=C(O)C(F)(F)F. The molecule has 16 heteroatoms. The van der Waals surface area contributed by atoms with Gasteiger partial charge < -0.3 is 10.0 Å². The summed E-state index contributed by atoms with van der Waals surface area (Å²) in [6.45, 7) is 1.42. The Morgan fingerprint density at radius 3 is 2.34 bits per heavy atom. The molecule has 4 aromatic rings. The summed E-state index contributed by atoms with van der Waals surface area (Å²) in [5.74, 6) is -1.96. The number of rotatable bonds is 3. The third-order valence-corrected chi connectivity index (χ3v) is 6.97. The second-order valence-corrected chi connectivity index (χ2v) is 9.86. The van der Waals surface area contributed by atoms with Gasteiger partial charge in [0, 0.05) is 31.9 Å². The van der Waals surface area contributed by atoms with Crippen molar-refractivity contribution in [3.8, 4) is 22.6 Å². The predicted octanol–water partition coefficient (Wildman–Crippen LogP) is 5.83. The van der Waals surface area contributed by atoms with Gasteiger partial charge in [0.15, 0.2) is 5.82 Å². The molecule has 2 amide bonds. The summed E-state index contributed by atoms with van der Waals surface area (Å²) >= 11 is 0. The molecule has 3 aromatic heterocycles. The van der Waals surface area contributed by atoms with E-state index in [4.69, 9.17) is 9.90 Å². The highest BCUT2D eigenvalue weighted by Gasteiger charge is 2.41. The van der Waals surface area contributed by atoms with Gasteiger partial charge in [-0.05, 0) is 48.9 Å². The van der Waals surface area contributed by atoms with Crippen LogP contribution in [0.15, 0.2) is 66.9 Å². The number of nitrogens with one attached hydrogen (secondary N) is 1. The number of carbonyl (C=O) groups is 2. The zero-order valence-corrected chi connectivity index (χ0v) is 22.8. The van der Waals surface area contributed by atoms with Gasteiger partial charge >= 0.3 is 24.4 Å². The summed E-state index contributed by atoms with van der Waals surface area (Å²) in [5, 5.41) is 14.2. The highest BCUT2D eigenvalue weighted by atomic mass is 19.4. The second kappa shape index (κ2) is 11.5. The molecule has 5 heterocycles. The van der Waals surface area contributed by atoms with E-state index in [1.807, 2.05) is 25.2 Å². The zero-order valence-electron chi connectivity index (χ0n) is 22.8. The number of amides is 2. The quantitative estimate of drug-likeness (QED) is 0.278. The van der Waals surface area contributed by atoms with Gasteiger partial charge in [-0.3, -0.25) is 14.9 Å². The van der Waals surface area contributed by atoms with Crippen molar-refractivity contribution in [2.45, 2.75) is 24.8 Å². The maximum Gasteiger partial charge on any atom is 0.490 e. The second-order valence-electron chi connectivity index (χ2n) is 9.86. The Kier molecular flexibility index (Phi) is 7.92. The van der Waals surface area contributed by atoms with Crippen LogP contribution in [0.5, 0.6) is 0 Å². The molecule has 1 fully saturated rings. The third-order valence-electron chi connectivity index (χ3n) is 6.97. The number of aryl methyl sites for hydroxylation is 1. The van der Waals surface area contributed by atoms with Crippen molar-refractivity contribution in [3.63, 3.8) is 0 Å². The Hall–Kier alpha value is -5.15. The van der Waals surface area contributed by atoms with Crippen LogP contribution in [-0.2, 0) is 18.0 Å². The van der Waals surface area contributed by atoms with Crippen molar-refractivity contribution in [1.82, 2.24) is 19.7 Å². The molecule has 0 saturated carbocycles. The lowest BCUT2D eigenvalue weighted by molar-refractivity contribution is -0.192. The number of carboxylic acid groups (broad SMARTS) is 1. The molecule has 1 atom stereocenters. The molecule has 2 N–H and O–H groups in total. The molecule has 0 aliphatic carbocycles. The maximum absolute atomic E-state index is 13.6. The van der Waals surface area contributed by atoms with Crippen LogP contribution in [0.1, 0.15) is 12.0 Å². The number of alkyl halides is 6. The molecule has 1 saturated heterocycles. The van der Waals surface area contributed by atoms with Gasteiger partial charge in [0.2, 0.25) is 0 Å². The Bertz CT molecular complexity index is 1710. The van der Waals surface area contributed by atoms with Crippen LogP contribution in [0.3, 0.4) is 0 Å². The molecule has 2 aliphatic heterocycles. The van der Waals surface area contributed by atoms with Crippen LogP contribution in [0.4, 0.5) is 48.5 Å². The molecule has 0 spiro atoms. The summed E-state index contributed by atoms with van der Waals surface area (Å²) in [5.41, 5.74) is 2.18. The van der Waals surface area contributed by atoms with E-state index in [1.54, 1.807) is 40.0 Å². The molecule has 0 unspecified atom stereocenters. The van der Waals surface area contributed by atoms with E-state index in [0.29, 0.717) is 35.1 Å². The smallest absolute Gasteiger partial charge is 0.475 e. The van der Waals surface area contributed by atoms with Gasteiger partial charge in [0.25, 0.3) is 0 Å². The Morgan fingerprint density at radius 2 is 1.68 bits per heavy atom. The minimum atomic E-state index is -5.08.